The summed E-state index contributed by atoms with van der Waals surface area (Å²) in [4.78, 5) is 167. The number of carbonyl (C=O) groups is 12. The zero-order valence-corrected chi connectivity index (χ0v) is 61.4. The topological polar surface area (TPSA) is 544 Å². The van der Waals surface area contributed by atoms with Crippen LogP contribution in [0.15, 0.2) is 70.7 Å². The molecule has 6 aromatic rings. The molecule has 8 heterocycles. The number of likely N-dealkylation sites (N-methyl/N-ethyl adjacent to an activating group) is 1. The number of nitrogens with two attached hydrogens (primary N) is 3. The van der Waals surface area contributed by atoms with Crippen LogP contribution in [0.1, 0.15) is 101 Å². The highest BCUT2D eigenvalue weighted by molar-refractivity contribution is 7.14. The van der Waals surface area contributed by atoms with Crippen LogP contribution in [-0.2, 0) is 62.4 Å². The molecule has 2 saturated heterocycles. The summed E-state index contributed by atoms with van der Waals surface area (Å²) < 4.78 is 17.0. The second-order valence-corrected chi connectivity index (χ2v) is 28.5. The second-order valence-electron chi connectivity index (χ2n) is 25.8. The number of carboxylic acid groups (broad SMARTS) is 1. The van der Waals surface area contributed by atoms with Crippen LogP contribution in [0.25, 0.3) is 0 Å². The van der Waals surface area contributed by atoms with E-state index < -0.39 is 136 Å². The number of aryl methyl sites for hydroxylation is 3. The van der Waals surface area contributed by atoms with Gasteiger partial charge in [0.15, 0.2) is 32.7 Å². The van der Waals surface area contributed by atoms with Gasteiger partial charge >= 0.3 is 76.2 Å². The molecule has 2 fully saturated rings. The van der Waals surface area contributed by atoms with Crippen molar-refractivity contribution in [3.8, 4) is 17.2 Å². The smallest absolute Gasteiger partial charge is 0.526 e. The van der Waals surface area contributed by atoms with Gasteiger partial charge in [-0.2, -0.15) is 0 Å². The van der Waals surface area contributed by atoms with E-state index in [1.165, 1.54) is 10.3 Å². The maximum atomic E-state index is 13.6. The number of carbonyl (C=O) groups excluding carboxylic acids is 11. The molecule has 0 aliphatic carbocycles. The van der Waals surface area contributed by atoms with Crippen molar-refractivity contribution in [3.05, 3.63) is 121 Å². The standard InChI is InChI=1S/C29H35BN8O9S.C18H23B2N3O6S.C18H21BN4O6S/c1-3-35-9-11-37(25(42)23(35)40)28(44)32-7-8-36-10-12-38(26(43)24(36)41)29(45)34-21(19-15-48-27(31)33-19)20(39)14-18-13-17-6-4-5-16(2)22(17)47-30(18)46;1-10-3-2-4-11-7-12(20(28)29-17(10)11)8-14(24)16(13-9-30-18(21)22-13)23-15(25)5-6-19(26)27;1-9-3-2-4-10-5-11(19(28)29-16(9)10)6-13(24)15(12-8-30-17(20)22-12)23-18(27)21-7-14(25)26/h4-6,15,18,21,46H,3,7-14H2,1-2H3,(H2,31,33)(H,32,44)(H,34,45);2-4,9,12,16,26-28H,5-8H2,1H3,(H2,21,22)(H,23,25);2-4,8,11,15,28H,5-7H2,1H3,(H2,20,22)(H,25,26)(H2,21,23,27)/t18-,21?;12-,16?;11-,15?/m111/s1. The molecule has 3 aromatic carbocycles. The predicted octanol–water partition coefficient (Wildman–Crippen LogP) is 0.703. The molecular formula is C65H79B4N15O21S3. The minimum absolute atomic E-state index is 0.0229. The van der Waals surface area contributed by atoms with Gasteiger partial charge in [-0.15, -0.1) is 34.0 Å². The number of aliphatic carboxylic acids is 1. The lowest BCUT2D eigenvalue weighted by Gasteiger charge is -2.34. The monoisotopic (exact) mass is 1550 g/mol. The van der Waals surface area contributed by atoms with Crippen LogP contribution in [0, 0.1) is 20.8 Å². The molecule has 108 heavy (non-hydrogen) atoms. The average molecular weight is 1550 g/mol. The molecule has 43 heteroatoms. The van der Waals surface area contributed by atoms with E-state index in [-0.39, 0.29) is 104 Å². The van der Waals surface area contributed by atoms with Crippen molar-refractivity contribution >= 4 is 149 Å². The van der Waals surface area contributed by atoms with Crippen molar-refractivity contribution in [1.82, 2.24) is 61.1 Å². The number of anilines is 3. The predicted molar refractivity (Wildman–Crippen MR) is 394 cm³/mol. The van der Waals surface area contributed by atoms with E-state index in [0.29, 0.717) is 53.6 Å². The highest BCUT2D eigenvalue weighted by atomic mass is 32.1. The number of nitrogens with one attached hydrogen (secondary N) is 5. The van der Waals surface area contributed by atoms with E-state index in [1.54, 1.807) is 17.7 Å². The highest BCUT2D eigenvalue weighted by Gasteiger charge is 2.44. The van der Waals surface area contributed by atoms with E-state index in [0.717, 1.165) is 77.2 Å². The van der Waals surface area contributed by atoms with Gasteiger partial charge in [-0.1, -0.05) is 54.6 Å². The molecule has 0 radical (unpaired) electrons. The molecule has 0 saturated carbocycles. The molecular weight excluding hydrogens is 1470 g/mol. The SMILES string of the molecule is CCN1CCN(C(=O)NCCN2CCN(C(=O)NC(C(=O)C[C@H]3Cc4cccc(C)c4OB3O)c3csc(N)n3)C(=O)C2=O)C(=O)C1=O.Cc1cccc2c1OB(O)[C@@H](CC(=O)C(NC(=O)CCB(O)O)c1csc(N)n1)C2.Cc1cccc2c1OB(O)[C@@H](CC(=O)C(NC(=O)NCC(=O)O)c1csc(N)n1)C2. The largest absolute Gasteiger partial charge is 0.536 e. The van der Waals surface area contributed by atoms with Gasteiger partial charge in [0.25, 0.3) is 0 Å². The van der Waals surface area contributed by atoms with Crippen molar-refractivity contribution in [2.45, 2.75) is 115 Å². The Morgan fingerprint density at radius 2 is 0.944 bits per heavy atom. The van der Waals surface area contributed by atoms with Crippen molar-refractivity contribution in [2.75, 3.05) is 69.6 Å². The third-order valence-electron chi connectivity index (χ3n) is 18.1. The van der Waals surface area contributed by atoms with E-state index in [9.17, 15) is 72.6 Å². The van der Waals surface area contributed by atoms with Gasteiger partial charge in [-0.25, -0.2) is 29.3 Å². The van der Waals surface area contributed by atoms with Crippen LogP contribution in [0.3, 0.4) is 0 Å². The zero-order valence-electron chi connectivity index (χ0n) is 58.9. The minimum atomic E-state index is -1.61. The van der Waals surface area contributed by atoms with Crippen molar-refractivity contribution in [1.29, 1.82) is 0 Å². The normalized spacial score (nSPS) is 17.4. The molecule has 5 aliphatic heterocycles. The number of nitrogens with zero attached hydrogens (tertiary/aromatic N) is 7. The van der Waals surface area contributed by atoms with Gasteiger partial charge in [0, 0.05) is 105 Å². The molecule has 11 rings (SSSR count). The number of nitrogen functional groups attached to an aromatic ring is 3. The second kappa shape index (κ2) is 36.8. The summed E-state index contributed by atoms with van der Waals surface area (Å²) in [6, 6.07) is 10.7. The molecule has 570 valence electrons. The Balaban J connectivity index is 0.000000196. The number of aromatic nitrogens is 3. The first kappa shape index (κ1) is 81.5. The van der Waals surface area contributed by atoms with Crippen LogP contribution >= 0.6 is 34.0 Å². The Labute approximate surface area is 631 Å². The summed E-state index contributed by atoms with van der Waals surface area (Å²) in [7, 11) is -5.21. The zero-order chi connectivity index (χ0) is 78.4. The third-order valence-corrected chi connectivity index (χ3v) is 20.2. The molecule has 5 aliphatic rings. The van der Waals surface area contributed by atoms with Gasteiger partial charge in [-0.3, -0.25) is 53.0 Å². The number of hydrogen-bond acceptors (Lipinski definition) is 29. The third kappa shape index (κ3) is 20.8. The fraction of sp³-hybridized carbons (Fsp3) is 0.400. The number of amides is 11. The van der Waals surface area contributed by atoms with Gasteiger partial charge in [0.2, 0.25) is 5.91 Å². The fourth-order valence-electron chi connectivity index (χ4n) is 12.5. The number of hydrogen-bond donors (Lipinski definition) is 14. The number of piperazine rings is 2. The number of benzene rings is 3. The van der Waals surface area contributed by atoms with Gasteiger partial charge in [0.1, 0.15) is 41.9 Å². The van der Waals surface area contributed by atoms with Crippen molar-refractivity contribution in [3.63, 3.8) is 0 Å². The summed E-state index contributed by atoms with van der Waals surface area (Å²) in [5.41, 5.74) is 23.1. The number of urea groups is 3. The number of imide groups is 2. The number of fused-ring (bicyclic) bond motifs is 3. The first-order valence-corrected chi connectivity index (χ1v) is 36.7. The fourth-order valence-corrected chi connectivity index (χ4v) is 14.3. The van der Waals surface area contributed by atoms with Crippen LogP contribution in [0.4, 0.5) is 29.8 Å². The number of Topliss-reactive ketones (excluding diaryl/α,β-unsaturated/α-hetero) is 3. The number of thiazole rings is 3. The molecule has 3 unspecified atom stereocenters. The lowest BCUT2D eigenvalue weighted by atomic mass is 9.64. The number of para-hydroxylation sites is 3. The van der Waals surface area contributed by atoms with E-state index in [4.69, 9.17) is 46.3 Å². The number of carboxylic acids is 1. The van der Waals surface area contributed by atoms with E-state index in [1.807, 2.05) is 75.4 Å². The maximum absolute atomic E-state index is 13.6. The molecule has 0 bridgehead atoms. The molecule has 36 nitrogen and oxygen atoms in total. The van der Waals surface area contributed by atoms with E-state index >= 15 is 0 Å². The van der Waals surface area contributed by atoms with Crippen LogP contribution in [0.5, 0.6) is 17.2 Å². The molecule has 0 spiro atoms. The average Bonchev–Trinajstić information content (AvgIpc) is 0.890. The Bertz CT molecular complexity index is 4380. The maximum Gasteiger partial charge on any atom is 0.526 e. The van der Waals surface area contributed by atoms with Crippen LogP contribution in [-0.4, -0.2) is 217 Å². The Kier molecular flexibility index (Phi) is 27.8. The summed E-state index contributed by atoms with van der Waals surface area (Å²) in [5.74, 6) is -6.71. The quantitative estimate of drug-likeness (QED) is 0.0293. The van der Waals surface area contributed by atoms with Gasteiger partial charge in [-0.05, 0) is 86.7 Å². The lowest BCUT2D eigenvalue weighted by molar-refractivity contribution is -0.153. The minimum Gasteiger partial charge on any atom is -0.536 e. The molecule has 11 amide bonds. The first-order chi connectivity index (χ1) is 51.4. The summed E-state index contributed by atoms with van der Waals surface area (Å²) >= 11 is 3.30. The molecule has 17 N–H and O–H groups in total. The van der Waals surface area contributed by atoms with Crippen molar-refractivity contribution in [2.24, 2.45) is 0 Å². The van der Waals surface area contributed by atoms with Gasteiger partial charge < -0.3 is 97.8 Å². The number of rotatable bonds is 24. The molecule has 6 atom stereocenters. The van der Waals surface area contributed by atoms with Gasteiger partial charge in [0.05, 0.1) is 17.1 Å². The summed E-state index contributed by atoms with van der Waals surface area (Å²) in [5, 5.41) is 75.5. The van der Waals surface area contributed by atoms with E-state index in [2.05, 4.69) is 41.5 Å². The van der Waals surface area contributed by atoms with Crippen molar-refractivity contribution < 1.29 is 102 Å². The Hall–Kier alpha value is -10.6. The summed E-state index contributed by atoms with van der Waals surface area (Å²) in [6.07, 6.45) is 0.595. The Morgan fingerprint density at radius 3 is 1.33 bits per heavy atom. The summed E-state index contributed by atoms with van der Waals surface area (Å²) in [6.45, 7) is 6.81. The lowest BCUT2D eigenvalue weighted by Crippen LogP contribution is -2.60. The van der Waals surface area contributed by atoms with Crippen LogP contribution < -0.4 is 57.7 Å². The van der Waals surface area contributed by atoms with Crippen LogP contribution in [0.2, 0.25) is 23.8 Å². The molecule has 3 aromatic heterocycles. The highest BCUT2D eigenvalue weighted by Crippen LogP contribution is 2.40. The Morgan fingerprint density at radius 1 is 0.556 bits per heavy atom. The first-order valence-electron chi connectivity index (χ1n) is 34.1. The number of ketones is 3.